The number of carbonyl (C=O) groups is 2. The first-order chi connectivity index (χ1) is 51.0. The van der Waals surface area contributed by atoms with E-state index < -0.39 is 11.9 Å². The van der Waals surface area contributed by atoms with Crippen molar-refractivity contribution in [3.8, 4) is 33.4 Å². The van der Waals surface area contributed by atoms with E-state index in [0.29, 0.717) is 17.2 Å². The molecule has 0 bridgehead atoms. The lowest BCUT2D eigenvalue weighted by molar-refractivity contribution is -0.141. The van der Waals surface area contributed by atoms with Gasteiger partial charge in [0.15, 0.2) is 0 Å². The number of unbranched alkanes of at least 4 members (excludes halogenated alkanes) is 18. The van der Waals surface area contributed by atoms with Crippen LogP contribution < -0.4 is 0 Å². The van der Waals surface area contributed by atoms with Crippen molar-refractivity contribution in [3.05, 3.63) is 190 Å². The van der Waals surface area contributed by atoms with Gasteiger partial charge in [0.2, 0.25) is 0 Å². The van der Waals surface area contributed by atoms with Crippen LogP contribution in [0, 0.1) is 0 Å². The molecule has 7 aromatic carbocycles. The Bertz CT molecular complexity index is 3720. The maximum absolute atomic E-state index is 11.8. The van der Waals surface area contributed by atoms with Gasteiger partial charge in [-0.25, -0.2) is 9.59 Å². The number of benzene rings is 7. The third-order valence-corrected chi connectivity index (χ3v) is 25.5. The van der Waals surface area contributed by atoms with Crippen molar-refractivity contribution in [1.82, 2.24) is 0 Å². The topological polar surface area (TPSA) is 98.9 Å². The predicted octanol–water partition coefficient (Wildman–Crippen LogP) is 28.6. The van der Waals surface area contributed by atoms with Crippen LogP contribution in [0.2, 0.25) is 0 Å². The van der Waals surface area contributed by atoms with Crippen molar-refractivity contribution in [1.29, 1.82) is 0 Å². The van der Waals surface area contributed by atoms with Crippen LogP contribution in [0.25, 0.3) is 33.4 Å². The Labute approximate surface area is 644 Å². The zero-order valence-corrected chi connectivity index (χ0v) is 68.1. The highest BCUT2D eigenvalue weighted by Gasteiger charge is 2.58. The highest BCUT2D eigenvalue weighted by atomic mass is 32.2. The molecular weight excluding hydrogens is 1350 g/mol. The van der Waals surface area contributed by atoms with E-state index in [4.69, 9.17) is 14.5 Å². The molecule has 558 valence electrons. The molecular formula is C94H119N3O5S3. The standard InChI is InChI=1S/C94H119N3O5S3/c1-14-20-26-32-56-92(57-33-27-21-15-2)83-62-77(103-74-44-38-71(39-45-74)66(9)95-100-65(7)8)50-53-80(83)86-89(92)87-81-54-51-78(104-75-46-40-72(41-47-75)67(10)96-101-69(12)98)63-84(81)94(60-36-30-24-18-5,61-37-31-25-19-6)91(87)88-82-55-52-79(105-76-48-42-73(43-49-76)68(11)97-102-70(13)99)64-85(82)93(90(86)88,58-34-28-22-16-3)59-35-29-23-17-4/h38-55,62-64H,7,14-37,56-61H2,1-6,8-13H3/b95-66-,96-67-,97-68+. The van der Waals surface area contributed by atoms with E-state index in [0.717, 1.165) is 60.9 Å². The van der Waals surface area contributed by atoms with Gasteiger partial charge in [-0.2, -0.15) is 0 Å². The fraction of sp³-hybridized carbons (Fsp3) is 0.479. The molecule has 0 amide bonds. The molecule has 10 rings (SSSR count). The van der Waals surface area contributed by atoms with E-state index in [2.05, 4.69) is 191 Å². The lowest BCUT2D eigenvalue weighted by Gasteiger charge is -2.40. The smallest absolute Gasteiger partial charge is 0.331 e. The number of rotatable bonds is 43. The fourth-order valence-corrected chi connectivity index (χ4v) is 19.9. The molecule has 0 spiro atoms. The molecule has 0 aliphatic heterocycles. The summed E-state index contributed by atoms with van der Waals surface area (Å²) in [6, 6.07) is 49.7. The van der Waals surface area contributed by atoms with Crippen molar-refractivity contribution in [3.63, 3.8) is 0 Å². The van der Waals surface area contributed by atoms with Crippen LogP contribution in [0.3, 0.4) is 0 Å². The second-order valence-corrected chi connectivity index (χ2v) is 33.8. The number of nitrogens with zero attached hydrogens (tertiary/aromatic N) is 3. The molecule has 3 aliphatic carbocycles. The number of hydrogen-bond acceptors (Lipinski definition) is 11. The van der Waals surface area contributed by atoms with Crippen molar-refractivity contribution >= 4 is 64.4 Å². The number of hydrogen-bond donors (Lipinski definition) is 0. The van der Waals surface area contributed by atoms with E-state index in [9.17, 15) is 9.59 Å². The van der Waals surface area contributed by atoms with Crippen molar-refractivity contribution in [2.75, 3.05) is 0 Å². The molecule has 0 fully saturated rings. The van der Waals surface area contributed by atoms with Gasteiger partial charge in [0.25, 0.3) is 0 Å². The van der Waals surface area contributed by atoms with Gasteiger partial charge in [-0.1, -0.05) is 308 Å². The zero-order chi connectivity index (χ0) is 74.5. The summed E-state index contributed by atoms with van der Waals surface area (Å²) in [6.07, 6.45) is 35.5. The average Bonchev–Trinajstić information content (AvgIpc) is 1.48. The largest absolute Gasteiger partial charge is 0.362 e. The van der Waals surface area contributed by atoms with Crippen LogP contribution in [0.5, 0.6) is 0 Å². The van der Waals surface area contributed by atoms with Crippen LogP contribution in [-0.2, 0) is 40.3 Å². The summed E-state index contributed by atoms with van der Waals surface area (Å²) in [5.41, 5.74) is 23.1. The number of oxime groups is 3. The third-order valence-electron chi connectivity index (χ3n) is 22.5. The molecule has 0 N–H and O–H groups in total. The van der Waals surface area contributed by atoms with Gasteiger partial charge in [0.1, 0.15) is 5.76 Å². The number of fused-ring (bicyclic) bond motifs is 12. The molecule has 0 saturated heterocycles. The van der Waals surface area contributed by atoms with Gasteiger partial charge in [-0.3, -0.25) is 0 Å². The minimum Gasteiger partial charge on any atom is -0.362 e. The molecule has 0 radical (unpaired) electrons. The van der Waals surface area contributed by atoms with Gasteiger partial charge in [0, 0.05) is 59.5 Å². The Morgan fingerprint density at radius 1 is 0.314 bits per heavy atom. The molecule has 3 aliphatic rings. The van der Waals surface area contributed by atoms with Gasteiger partial charge in [0.05, 0.1) is 17.1 Å². The molecule has 0 heterocycles. The summed E-state index contributed by atoms with van der Waals surface area (Å²) in [6.45, 7) is 28.6. The highest BCUT2D eigenvalue weighted by Crippen LogP contribution is 2.72. The van der Waals surface area contributed by atoms with Crippen LogP contribution in [-0.4, -0.2) is 29.1 Å². The first-order valence-electron chi connectivity index (χ1n) is 40.4. The van der Waals surface area contributed by atoms with Gasteiger partial charge in [-0.05, 0) is 222 Å². The van der Waals surface area contributed by atoms with Gasteiger partial charge in [-0.15, -0.1) is 0 Å². The van der Waals surface area contributed by atoms with E-state index in [-0.39, 0.29) is 16.2 Å². The molecule has 0 atom stereocenters. The highest BCUT2D eigenvalue weighted by molar-refractivity contribution is 7.99. The van der Waals surface area contributed by atoms with Crippen molar-refractivity contribution < 1.29 is 24.1 Å². The fourth-order valence-electron chi connectivity index (χ4n) is 17.3. The Kier molecular flexibility index (Phi) is 29.7. The minimum atomic E-state index is -0.426. The summed E-state index contributed by atoms with van der Waals surface area (Å²) in [7, 11) is 0. The van der Waals surface area contributed by atoms with E-state index >= 15 is 0 Å². The second-order valence-electron chi connectivity index (χ2n) is 30.4. The van der Waals surface area contributed by atoms with Crippen LogP contribution >= 0.6 is 35.3 Å². The molecule has 0 unspecified atom stereocenters. The van der Waals surface area contributed by atoms with Crippen LogP contribution in [0.15, 0.2) is 185 Å². The van der Waals surface area contributed by atoms with Crippen molar-refractivity contribution in [2.45, 2.75) is 321 Å². The summed E-state index contributed by atoms with van der Waals surface area (Å²) in [5.74, 6) is -0.283. The normalized spacial score (nSPS) is 14.3. The molecule has 105 heavy (non-hydrogen) atoms. The minimum absolute atomic E-state index is 0.258. The van der Waals surface area contributed by atoms with E-state index in [1.807, 2.05) is 63.0 Å². The second kappa shape index (κ2) is 38.7. The Morgan fingerprint density at radius 3 is 0.762 bits per heavy atom. The molecule has 0 saturated carbocycles. The maximum atomic E-state index is 11.8. The lowest BCUT2D eigenvalue weighted by atomic mass is 9.63. The summed E-state index contributed by atoms with van der Waals surface area (Å²) < 4.78 is 0. The van der Waals surface area contributed by atoms with E-state index in [1.165, 1.54) is 214 Å². The monoisotopic (exact) mass is 1470 g/mol. The predicted molar refractivity (Wildman–Crippen MR) is 445 cm³/mol. The van der Waals surface area contributed by atoms with Crippen molar-refractivity contribution in [2.24, 2.45) is 15.5 Å². The summed E-state index contributed by atoms with van der Waals surface area (Å²) in [4.78, 5) is 46.7. The first-order valence-corrected chi connectivity index (χ1v) is 42.8. The lowest BCUT2D eigenvalue weighted by Crippen LogP contribution is -2.31. The zero-order valence-electron chi connectivity index (χ0n) is 65.7. The SMILES string of the molecule is C=C(C)O/N=C(/C)c1ccc(Sc2ccc3c(c2)C(CCCCCC)(CCCCCC)c2c4c(c5c(c2-3)C(CCCCCC)(CCCCCC)c2cc(Sc3ccc(/C(C)=N/OC(C)=O)cc3)ccc2-5)C(CCCCCC)(CCCCCC)c2cc(Sc3ccc(/C(C)=N\OC(C)=O)cc3)ccc2-4)cc1. The van der Waals surface area contributed by atoms with Gasteiger partial charge >= 0.3 is 11.9 Å². The number of carbonyl (C=O) groups excluding carboxylic acids is 2. The average molecular weight is 1470 g/mol. The van der Waals surface area contributed by atoms with Crippen LogP contribution in [0.1, 0.15) is 326 Å². The summed E-state index contributed by atoms with van der Waals surface area (Å²) in [5, 5.41) is 12.7. The van der Waals surface area contributed by atoms with E-state index in [1.54, 1.807) is 50.1 Å². The van der Waals surface area contributed by atoms with Crippen LogP contribution in [0.4, 0.5) is 0 Å². The maximum Gasteiger partial charge on any atom is 0.331 e. The molecule has 0 aromatic heterocycles. The third kappa shape index (κ3) is 19.0. The summed E-state index contributed by atoms with van der Waals surface area (Å²) >= 11 is 5.64. The first kappa shape index (κ1) is 80.6. The number of allylic oxidation sites excluding steroid dienone is 1. The molecule has 8 nitrogen and oxygen atoms in total. The molecule has 11 heteroatoms. The quantitative estimate of drug-likeness (QED) is 0.0123. The van der Waals surface area contributed by atoms with Gasteiger partial charge < -0.3 is 14.5 Å². The Balaban J connectivity index is 1.32. The molecule has 7 aromatic rings. The Morgan fingerprint density at radius 2 is 0.543 bits per heavy atom. The Hall–Kier alpha value is -6.92.